The van der Waals surface area contributed by atoms with Crippen molar-refractivity contribution in [1.29, 1.82) is 0 Å². The number of nitrogens with zero attached hydrogens (tertiary/aromatic N) is 1. The number of aryl methyl sites for hydroxylation is 1. The second-order valence-electron chi connectivity index (χ2n) is 7.44. The van der Waals surface area contributed by atoms with Crippen LogP contribution in [-0.2, 0) is 15.7 Å². The fraction of sp³-hybridized carbons (Fsp3) is 0.417. The highest BCUT2D eigenvalue weighted by Crippen LogP contribution is 2.29. The van der Waals surface area contributed by atoms with Gasteiger partial charge < -0.3 is 14.2 Å². The number of rotatable bonds is 8. The molecular weight excluding hydrogens is 423 g/mol. The highest BCUT2D eigenvalue weighted by molar-refractivity contribution is 5.79. The van der Waals surface area contributed by atoms with Gasteiger partial charge in [-0.15, -0.1) is 0 Å². The van der Waals surface area contributed by atoms with Gasteiger partial charge in [-0.2, -0.15) is 13.2 Å². The SMILES string of the molecule is CCOC(=O)C(C)(C)Oc1ccc(OCCCC#Cc2ccc(C(F)(F)F)cn2)cc1C. The molecule has 0 N–H and O–H groups in total. The first-order valence-corrected chi connectivity index (χ1v) is 10.1. The maximum Gasteiger partial charge on any atom is 0.417 e. The van der Waals surface area contributed by atoms with Crippen molar-refractivity contribution in [3.63, 3.8) is 0 Å². The van der Waals surface area contributed by atoms with Gasteiger partial charge in [0.2, 0.25) is 0 Å². The van der Waals surface area contributed by atoms with Gasteiger partial charge >= 0.3 is 12.1 Å². The first kappa shape index (κ1) is 25.1. The summed E-state index contributed by atoms with van der Waals surface area (Å²) in [6, 6.07) is 7.52. The summed E-state index contributed by atoms with van der Waals surface area (Å²) in [5.74, 6) is 6.39. The minimum atomic E-state index is -4.41. The van der Waals surface area contributed by atoms with Gasteiger partial charge in [0.15, 0.2) is 5.60 Å². The Morgan fingerprint density at radius 2 is 1.91 bits per heavy atom. The zero-order valence-electron chi connectivity index (χ0n) is 18.5. The highest BCUT2D eigenvalue weighted by Gasteiger charge is 2.32. The summed E-state index contributed by atoms with van der Waals surface area (Å²) in [5, 5.41) is 0. The smallest absolute Gasteiger partial charge is 0.417 e. The van der Waals surface area contributed by atoms with Crippen molar-refractivity contribution in [3.8, 4) is 23.3 Å². The number of unbranched alkanes of at least 4 members (excludes halogenated alkanes) is 1. The third-order valence-corrected chi connectivity index (χ3v) is 4.30. The van der Waals surface area contributed by atoms with Gasteiger partial charge in [-0.25, -0.2) is 9.78 Å². The average molecular weight is 449 g/mol. The third-order valence-electron chi connectivity index (χ3n) is 4.30. The summed E-state index contributed by atoms with van der Waals surface area (Å²) in [6.45, 7) is 7.59. The lowest BCUT2D eigenvalue weighted by Crippen LogP contribution is -2.39. The van der Waals surface area contributed by atoms with E-state index < -0.39 is 23.3 Å². The molecule has 0 aliphatic heterocycles. The lowest BCUT2D eigenvalue weighted by atomic mass is 10.1. The van der Waals surface area contributed by atoms with Crippen molar-refractivity contribution < 1.29 is 32.2 Å². The van der Waals surface area contributed by atoms with Crippen molar-refractivity contribution in [3.05, 3.63) is 53.3 Å². The molecule has 5 nitrogen and oxygen atoms in total. The predicted molar refractivity (Wildman–Crippen MR) is 113 cm³/mol. The average Bonchev–Trinajstić information content (AvgIpc) is 2.72. The number of aromatic nitrogens is 1. The van der Waals surface area contributed by atoms with Crippen LogP contribution in [0.4, 0.5) is 13.2 Å². The van der Waals surface area contributed by atoms with Crippen molar-refractivity contribution in [2.45, 2.75) is 52.3 Å². The van der Waals surface area contributed by atoms with Crippen LogP contribution >= 0.6 is 0 Å². The summed E-state index contributed by atoms with van der Waals surface area (Å²) in [5.41, 5.74) is -0.805. The molecule has 8 heteroatoms. The summed E-state index contributed by atoms with van der Waals surface area (Å²) >= 11 is 0. The molecular formula is C24H26F3NO4. The molecule has 1 aromatic carbocycles. The molecule has 0 amide bonds. The monoisotopic (exact) mass is 449 g/mol. The van der Waals surface area contributed by atoms with Crippen LogP contribution in [0, 0.1) is 18.8 Å². The number of esters is 1. The molecule has 32 heavy (non-hydrogen) atoms. The molecule has 1 heterocycles. The molecule has 172 valence electrons. The molecule has 1 aromatic heterocycles. The summed E-state index contributed by atoms with van der Waals surface area (Å²) in [7, 11) is 0. The van der Waals surface area contributed by atoms with Gasteiger partial charge in [0.05, 0.1) is 18.8 Å². The van der Waals surface area contributed by atoms with E-state index in [4.69, 9.17) is 14.2 Å². The second kappa shape index (κ2) is 10.9. The topological polar surface area (TPSA) is 57.7 Å². The van der Waals surface area contributed by atoms with Crippen molar-refractivity contribution >= 4 is 5.97 Å². The molecule has 0 radical (unpaired) electrons. The number of carbonyl (C=O) groups excluding carboxylic acids is 1. The number of ether oxygens (including phenoxy) is 3. The van der Waals surface area contributed by atoms with E-state index in [9.17, 15) is 18.0 Å². The largest absolute Gasteiger partial charge is 0.494 e. The van der Waals surface area contributed by atoms with Gasteiger partial charge in [-0.3, -0.25) is 0 Å². The molecule has 0 aliphatic carbocycles. The number of hydrogen-bond acceptors (Lipinski definition) is 5. The Morgan fingerprint density at radius 1 is 1.16 bits per heavy atom. The van der Waals surface area contributed by atoms with E-state index in [2.05, 4.69) is 16.8 Å². The van der Waals surface area contributed by atoms with E-state index in [0.717, 1.165) is 17.8 Å². The number of pyridine rings is 1. The van der Waals surface area contributed by atoms with E-state index >= 15 is 0 Å². The Bertz CT molecular complexity index is 973. The van der Waals surface area contributed by atoms with Crippen LogP contribution in [-0.4, -0.2) is 29.8 Å². The fourth-order valence-corrected chi connectivity index (χ4v) is 2.59. The molecule has 0 saturated carbocycles. The standard InChI is InChI=1S/C24H26F3NO4/c1-5-30-22(29)23(3,4)32-21-13-12-20(15-17(21)2)31-14-8-6-7-9-19-11-10-18(16-28-19)24(25,26)27/h10-13,15-16H,5-6,8,14H2,1-4H3. The minimum Gasteiger partial charge on any atom is -0.494 e. The Labute approximate surface area is 185 Å². The fourth-order valence-electron chi connectivity index (χ4n) is 2.59. The van der Waals surface area contributed by atoms with Crippen LogP contribution in [0.2, 0.25) is 0 Å². The van der Waals surface area contributed by atoms with Crippen molar-refractivity contribution in [2.75, 3.05) is 13.2 Å². The third kappa shape index (κ3) is 7.49. The van der Waals surface area contributed by atoms with Crippen LogP contribution in [0.1, 0.15) is 50.4 Å². The van der Waals surface area contributed by atoms with E-state index in [0.29, 0.717) is 30.9 Å². The Hall–Kier alpha value is -3.21. The molecule has 0 spiro atoms. The van der Waals surface area contributed by atoms with E-state index in [1.165, 1.54) is 6.07 Å². The van der Waals surface area contributed by atoms with Crippen LogP contribution in [0.3, 0.4) is 0 Å². The Balaban J connectivity index is 1.81. The normalized spacial score (nSPS) is 11.3. The highest BCUT2D eigenvalue weighted by atomic mass is 19.4. The van der Waals surface area contributed by atoms with Crippen LogP contribution in [0.15, 0.2) is 36.5 Å². The number of carbonyl (C=O) groups is 1. The molecule has 2 rings (SSSR count). The van der Waals surface area contributed by atoms with Gasteiger partial charge in [-0.1, -0.05) is 5.92 Å². The Morgan fingerprint density at radius 3 is 2.50 bits per heavy atom. The van der Waals surface area contributed by atoms with Crippen LogP contribution in [0.5, 0.6) is 11.5 Å². The summed E-state index contributed by atoms with van der Waals surface area (Å²) in [4.78, 5) is 15.7. The van der Waals surface area contributed by atoms with Crippen molar-refractivity contribution in [2.24, 2.45) is 0 Å². The van der Waals surface area contributed by atoms with Gasteiger partial charge in [0.1, 0.15) is 17.2 Å². The molecule has 0 unspecified atom stereocenters. The van der Waals surface area contributed by atoms with E-state index in [-0.39, 0.29) is 12.3 Å². The van der Waals surface area contributed by atoms with E-state index in [1.54, 1.807) is 32.9 Å². The predicted octanol–water partition coefficient (Wildman–Crippen LogP) is 5.34. The first-order valence-electron chi connectivity index (χ1n) is 10.1. The Kier molecular flexibility index (Phi) is 8.53. The molecule has 0 atom stereocenters. The van der Waals surface area contributed by atoms with Gasteiger partial charge in [-0.05, 0) is 75.9 Å². The quantitative estimate of drug-likeness (QED) is 0.309. The van der Waals surface area contributed by atoms with Crippen LogP contribution in [0.25, 0.3) is 0 Å². The molecule has 0 aliphatic rings. The first-order chi connectivity index (χ1) is 15.0. The molecule has 0 fully saturated rings. The number of halogens is 3. The molecule has 0 bridgehead atoms. The zero-order valence-corrected chi connectivity index (χ0v) is 18.5. The molecule has 0 saturated heterocycles. The van der Waals surface area contributed by atoms with Crippen molar-refractivity contribution in [1.82, 2.24) is 4.98 Å². The maximum absolute atomic E-state index is 12.5. The summed E-state index contributed by atoms with van der Waals surface area (Å²) < 4.78 is 54.1. The second-order valence-corrected chi connectivity index (χ2v) is 7.44. The summed E-state index contributed by atoms with van der Waals surface area (Å²) in [6.07, 6.45) is -2.48. The minimum absolute atomic E-state index is 0.280. The van der Waals surface area contributed by atoms with Crippen LogP contribution < -0.4 is 9.47 Å². The lowest BCUT2D eigenvalue weighted by Gasteiger charge is -2.25. The van der Waals surface area contributed by atoms with E-state index in [1.807, 2.05) is 13.0 Å². The maximum atomic E-state index is 12.5. The van der Waals surface area contributed by atoms with Gasteiger partial charge in [0.25, 0.3) is 0 Å². The number of benzene rings is 1. The molecule has 2 aromatic rings. The number of alkyl halides is 3. The zero-order chi connectivity index (χ0) is 23.8. The number of hydrogen-bond donors (Lipinski definition) is 0. The van der Waals surface area contributed by atoms with Gasteiger partial charge in [0, 0.05) is 12.6 Å². The lowest BCUT2D eigenvalue weighted by molar-refractivity contribution is -0.158.